The van der Waals surface area contributed by atoms with Crippen molar-refractivity contribution in [2.75, 3.05) is 0 Å². The second kappa shape index (κ2) is 2.86. The smallest absolute Gasteiger partial charge is 0.285 e. The average molecular weight is 219 g/mol. The van der Waals surface area contributed by atoms with Gasteiger partial charge in [0.05, 0.1) is 24.3 Å². The molecule has 5 nitrogen and oxygen atoms in total. The first-order valence-electron chi connectivity index (χ1n) is 4.85. The summed E-state index contributed by atoms with van der Waals surface area (Å²) in [5, 5.41) is 37.0. The lowest BCUT2D eigenvalue weighted by Crippen LogP contribution is -2.49. The maximum atomic E-state index is 9.28. The van der Waals surface area contributed by atoms with Crippen LogP contribution in [0.4, 0.5) is 0 Å². The van der Waals surface area contributed by atoms with Gasteiger partial charge in [0.2, 0.25) is 0 Å². The highest BCUT2D eigenvalue weighted by atomic mass is 14.9. The van der Waals surface area contributed by atoms with Crippen LogP contribution in [0.15, 0.2) is 12.2 Å². The van der Waals surface area contributed by atoms with Crippen LogP contribution in [0.2, 0.25) is 0 Å². The van der Waals surface area contributed by atoms with E-state index in [-0.39, 0.29) is 6.42 Å². The van der Waals surface area contributed by atoms with Crippen molar-refractivity contribution in [3.8, 4) is 24.3 Å². The van der Waals surface area contributed by atoms with Crippen molar-refractivity contribution in [3.63, 3.8) is 0 Å². The van der Waals surface area contributed by atoms with Gasteiger partial charge in [-0.2, -0.15) is 21.0 Å². The molecule has 2 unspecified atom stereocenters. The molecule has 0 saturated heterocycles. The Bertz CT molecular complexity index is 596. The van der Waals surface area contributed by atoms with Crippen LogP contribution in [-0.2, 0) is 0 Å². The molecule has 0 spiro atoms. The molecule has 1 saturated carbocycles. The molecule has 0 aromatic heterocycles. The molecule has 0 aromatic rings. The van der Waals surface area contributed by atoms with Gasteiger partial charge in [-0.25, -0.2) is 6.57 Å². The van der Waals surface area contributed by atoms with Crippen LogP contribution in [0.25, 0.3) is 4.85 Å². The molecule has 78 valence electrons. The Morgan fingerprint density at radius 3 is 2.12 bits per heavy atom. The lowest BCUT2D eigenvalue weighted by molar-refractivity contribution is 0.272. The molecule has 0 radical (unpaired) electrons. The summed E-state index contributed by atoms with van der Waals surface area (Å²) in [5.74, 6) is -0.522. The standard InChI is InChI=1S/C12H5N5/c1-17-12-3-2-9(4-12)10(5-13,6-14)11(12,7-15)8-16/h2-3,9H,4H2. The van der Waals surface area contributed by atoms with Crippen LogP contribution in [0.5, 0.6) is 0 Å². The molecule has 17 heavy (non-hydrogen) atoms. The molecule has 2 atom stereocenters. The van der Waals surface area contributed by atoms with E-state index in [9.17, 15) is 21.0 Å². The van der Waals surface area contributed by atoms with Crippen LogP contribution in [0.3, 0.4) is 0 Å². The van der Waals surface area contributed by atoms with Gasteiger partial charge in [0.25, 0.3) is 11.0 Å². The average Bonchev–Trinajstić information content (AvgIpc) is 2.91. The fourth-order valence-electron chi connectivity index (χ4n) is 2.86. The van der Waals surface area contributed by atoms with Gasteiger partial charge < -0.3 is 4.85 Å². The summed E-state index contributed by atoms with van der Waals surface area (Å²) in [7, 11) is 0. The monoisotopic (exact) mass is 219 g/mol. The Labute approximate surface area is 98.2 Å². The molecule has 0 aliphatic heterocycles. The minimum absolute atomic E-state index is 0.193. The van der Waals surface area contributed by atoms with Crippen molar-refractivity contribution in [1.82, 2.24) is 0 Å². The molecule has 1 fully saturated rings. The number of hydrogen-bond donors (Lipinski definition) is 0. The summed E-state index contributed by atoms with van der Waals surface area (Å²) < 4.78 is 0. The van der Waals surface area contributed by atoms with Gasteiger partial charge in [-0.3, -0.25) is 0 Å². The predicted octanol–water partition coefficient (Wildman–Crippen LogP) is 1.30. The van der Waals surface area contributed by atoms with E-state index >= 15 is 0 Å². The summed E-state index contributed by atoms with van der Waals surface area (Å²) in [5.41, 5.74) is -4.99. The fraction of sp³-hybridized carbons (Fsp3) is 0.417. The van der Waals surface area contributed by atoms with E-state index in [0.29, 0.717) is 0 Å². The second-order valence-corrected chi connectivity index (χ2v) is 4.21. The third kappa shape index (κ3) is 0.742. The highest BCUT2D eigenvalue weighted by molar-refractivity contribution is 5.55. The predicted molar refractivity (Wildman–Crippen MR) is 53.9 cm³/mol. The van der Waals surface area contributed by atoms with Gasteiger partial charge in [-0.15, -0.1) is 0 Å². The molecule has 2 aliphatic carbocycles. The van der Waals surface area contributed by atoms with Gasteiger partial charge in [0, 0.05) is 12.3 Å². The minimum Gasteiger partial charge on any atom is -0.303 e. The van der Waals surface area contributed by atoms with Crippen LogP contribution >= 0.6 is 0 Å². The Balaban J connectivity index is 2.88. The molecule has 2 bridgehead atoms. The lowest BCUT2D eigenvalue weighted by atomic mass is 9.58. The SMILES string of the molecule is [C-]#[N+]C12C=CC(C1)C(C#N)(C#N)C2(C#N)C#N. The minimum atomic E-state index is -1.90. The van der Waals surface area contributed by atoms with Crippen molar-refractivity contribution in [3.05, 3.63) is 23.6 Å². The molecule has 0 amide bonds. The van der Waals surface area contributed by atoms with E-state index in [2.05, 4.69) is 4.85 Å². The number of nitriles is 4. The van der Waals surface area contributed by atoms with E-state index in [0.717, 1.165) is 0 Å². The topological polar surface area (TPSA) is 99.5 Å². The number of hydrogen-bond acceptors (Lipinski definition) is 4. The first-order chi connectivity index (χ1) is 8.12. The van der Waals surface area contributed by atoms with Crippen LogP contribution < -0.4 is 0 Å². The number of allylic oxidation sites excluding steroid dienone is 1. The van der Waals surface area contributed by atoms with Crippen molar-refractivity contribution in [2.24, 2.45) is 16.7 Å². The van der Waals surface area contributed by atoms with E-state index in [1.54, 1.807) is 18.2 Å². The highest BCUT2D eigenvalue weighted by Gasteiger charge is 2.81. The van der Waals surface area contributed by atoms with Gasteiger partial charge in [-0.05, 0) is 6.08 Å². The van der Waals surface area contributed by atoms with E-state index in [1.165, 1.54) is 6.08 Å². The van der Waals surface area contributed by atoms with E-state index < -0.39 is 22.3 Å². The lowest BCUT2D eigenvalue weighted by Gasteiger charge is -2.31. The molecule has 2 aliphatic rings. The molecular weight excluding hydrogens is 214 g/mol. The van der Waals surface area contributed by atoms with Crippen molar-refractivity contribution < 1.29 is 0 Å². The zero-order valence-electron chi connectivity index (χ0n) is 8.68. The Morgan fingerprint density at radius 1 is 1.12 bits per heavy atom. The third-order valence-corrected chi connectivity index (χ3v) is 3.82. The van der Waals surface area contributed by atoms with E-state index in [4.69, 9.17) is 6.57 Å². The van der Waals surface area contributed by atoms with Gasteiger partial charge in [-0.1, -0.05) is 6.08 Å². The summed E-state index contributed by atoms with van der Waals surface area (Å²) in [4.78, 5) is 3.38. The summed E-state index contributed by atoms with van der Waals surface area (Å²) in [6, 6.07) is 7.16. The Kier molecular flexibility index (Phi) is 1.80. The highest BCUT2D eigenvalue weighted by Crippen LogP contribution is 2.66. The molecule has 0 aromatic carbocycles. The quantitative estimate of drug-likeness (QED) is 0.452. The van der Waals surface area contributed by atoms with Crippen molar-refractivity contribution in [1.29, 1.82) is 21.0 Å². The fourth-order valence-corrected chi connectivity index (χ4v) is 2.86. The zero-order valence-corrected chi connectivity index (χ0v) is 8.68. The van der Waals surface area contributed by atoms with Crippen LogP contribution in [0.1, 0.15) is 6.42 Å². The molecule has 0 heterocycles. The molecule has 5 heteroatoms. The number of rotatable bonds is 0. The second-order valence-electron chi connectivity index (χ2n) is 4.21. The normalized spacial score (nSPS) is 33.7. The van der Waals surface area contributed by atoms with Gasteiger partial charge in [0.15, 0.2) is 5.41 Å². The van der Waals surface area contributed by atoms with Crippen LogP contribution in [0, 0.1) is 68.6 Å². The van der Waals surface area contributed by atoms with E-state index in [1.807, 2.05) is 12.1 Å². The van der Waals surface area contributed by atoms with Gasteiger partial charge >= 0.3 is 0 Å². The first-order valence-corrected chi connectivity index (χ1v) is 4.85. The zero-order chi connectivity index (χ0) is 12.7. The molecule has 0 N–H and O–H groups in total. The Hall–Kier alpha value is -2.81. The molecular formula is C12H5N5. The van der Waals surface area contributed by atoms with Crippen molar-refractivity contribution >= 4 is 0 Å². The maximum absolute atomic E-state index is 9.28. The summed E-state index contributed by atoms with van der Waals surface area (Å²) in [6.45, 7) is 7.22. The Morgan fingerprint density at radius 2 is 1.71 bits per heavy atom. The van der Waals surface area contributed by atoms with Crippen LogP contribution in [-0.4, -0.2) is 5.54 Å². The number of nitrogens with zero attached hydrogens (tertiary/aromatic N) is 5. The largest absolute Gasteiger partial charge is 0.303 e. The summed E-state index contributed by atoms with van der Waals surface area (Å²) >= 11 is 0. The molecule has 2 rings (SSSR count). The van der Waals surface area contributed by atoms with Gasteiger partial charge in [0.1, 0.15) is 0 Å². The maximum Gasteiger partial charge on any atom is 0.285 e. The third-order valence-electron chi connectivity index (χ3n) is 3.82. The summed E-state index contributed by atoms with van der Waals surface area (Å²) in [6.07, 6.45) is 3.31. The van der Waals surface area contributed by atoms with Crippen molar-refractivity contribution in [2.45, 2.75) is 12.0 Å². The number of fused-ring (bicyclic) bond motifs is 2. The first kappa shape index (κ1) is 10.7.